The third-order valence-electron chi connectivity index (χ3n) is 18.2. The molecule has 17 nitrogen and oxygen atoms in total. The molecule has 2 rings (SSSR count). The minimum atomic E-state index is -5.15. The Morgan fingerprint density at radius 2 is 0.747 bits per heavy atom. The lowest BCUT2D eigenvalue weighted by molar-refractivity contribution is -0.375. The quantitative estimate of drug-likeness (QED) is 0.0119. The molecule has 1 saturated heterocycles. The van der Waals surface area contributed by atoms with E-state index in [1.807, 2.05) is 0 Å². The van der Waals surface area contributed by atoms with Crippen molar-refractivity contribution in [1.29, 1.82) is 0 Å². The summed E-state index contributed by atoms with van der Waals surface area (Å²) in [6.45, 7) is 27.7. The van der Waals surface area contributed by atoms with Crippen LogP contribution in [-0.4, -0.2) is 152 Å². The van der Waals surface area contributed by atoms with Gasteiger partial charge in [0.15, 0.2) is 12.4 Å². The summed E-state index contributed by atoms with van der Waals surface area (Å²) in [5.41, 5.74) is 0. The Bertz CT molecular complexity index is 1610. The largest absolute Gasteiger partial charge is 0.499 e. The van der Waals surface area contributed by atoms with Crippen LogP contribution >= 0.6 is 7.82 Å². The molecule has 2 aliphatic rings. The van der Waals surface area contributed by atoms with Gasteiger partial charge in [0, 0.05) is 13.2 Å². The fraction of sp³-hybridized carbons (Fsp3) is 1.00. The van der Waals surface area contributed by atoms with E-state index in [0.29, 0.717) is 36.9 Å². The van der Waals surface area contributed by atoms with Gasteiger partial charge in [-0.3, -0.25) is 4.52 Å². The van der Waals surface area contributed by atoms with E-state index in [0.717, 1.165) is 74.0 Å². The number of aliphatic hydroxyl groups is 8. The van der Waals surface area contributed by atoms with Crippen LogP contribution < -0.4 is 0 Å². The summed E-state index contributed by atoms with van der Waals surface area (Å²) >= 11 is 0. The van der Waals surface area contributed by atoms with E-state index in [9.17, 15) is 50.3 Å². The predicted octanol–water partition coefficient (Wildman–Crippen LogP) is 12.0. The van der Waals surface area contributed by atoms with E-state index in [2.05, 4.69) is 83.1 Å². The van der Waals surface area contributed by atoms with Crippen molar-refractivity contribution in [3.8, 4) is 0 Å². The van der Waals surface area contributed by atoms with Crippen LogP contribution in [0.1, 0.15) is 250 Å². The molecule has 0 aromatic heterocycles. The molecule has 0 spiro atoms. The van der Waals surface area contributed by atoms with Gasteiger partial charge < -0.3 is 64.7 Å². The van der Waals surface area contributed by atoms with E-state index < -0.39 is 94.5 Å². The molecule has 0 aromatic carbocycles. The molecule has 1 heterocycles. The Balaban J connectivity index is 1.91. The molecule has 1 aliphatic heterocycles. The van der Waals surface area contributed by atoms with Gasteiger partial charge >= 0.3 is 7.82 Å². The minimum absolute atomic E-state index is 0.0645. The topological polar surface area (TPSA) is 264 Å². The van der Waals surface area contributed by atoms with Crippen LogP contribution in [0, 0.1) is 59.2 Å². The molecule has 18 heteroatoms. The van der Waals surface area contributed by atoms with Gasteiger partial charge in [-0.05, 0) is 72.0 Å². The zero-order valence-electron chi connectivity index (χ0n) is 54.4. The first-order valence-electron chi connectivity index (χ1n) is 33.4. The molecule has 2 fully saturated rings. The van der Waals surface area contributed by atoms with Gasteiger partial charge in [-0.2, -0.15) is 0 Å². The highest BCUT2D eigenvalue weighted by molar-refractivity contribution is 7.47. The maximum absolute atomic E-state index is 13.4. The van der Waals surface area contributed by atoms with E-state index in [-0.39, 0.29) is 6.61 Å². The number of ether oxygens (including phenoxy) is 4. The Hall–Kier alpha value is -0.410. The Morgan fingerprint density at radius 1 is 0.410 bits per heavy atom. The normalized spacial score (nSPS) is 28.4. The molecule has 0 amide bonds. The fourth-order valence-corrected chi connectivity index (χ4v) is 12.6. The SMILES string of the molecule is CC(C)CCCC(C)CCCC(C)CCCC(C)CCCC(C)CCOCC(COP(=O)(O)OO[C@@H]1[C@@H](O)[C@H](O)[C@@H](O)[C@H](O)[C@@H]1O[C@H]1O[C@H](CO)[C@@H](O)[C@H](O)[C@H]1O)OCCC(C)CCCC(C)CCCC(C)CCCC(C)CCCC(C)C. The van der Waals surface area contributed by atoms with Crippen molar-refractivity contribution < 1.29 is 83.3 Å². The first-order valence-corrected chi connectivity index (χ1v) is 34.9. The standard InChI is InChI=1S/C65H129O17P/c1-44(2)21-13-23-46(5)25-15-27-48(7)29-17-31-50(9)33-19-35-52(11)37-39-76-42-54(77-40-38-53(12)36-20-34-51(10)32-18-30-49(8)28-16-26-47(6)24-14-22-45(3)4)43-78-83(74,75)82-81-64-61(72)59(70)58(69)60(71)63(64)80-65-62(73)57(68)56(67)55(41-66)79-65/h44-73H,13-43H2,1-12H3,(H,74,75)/t46?,47?,48?,49?,50?,51?,52?,53?,54?,55-,56-,57+,58-,59-,60+,61+,62-,63+,64-,65-/m1/s1. The average Bonchev–Trinajstić information content (AvgIpc) is 3.61. The van der Waals surface area contributed by atoms with Gasteiger partial charge in [-0.25, -0.2) is 9.45 Å². The number of phosphoric acid groups is 1. The van der Waals surface area contributed by atoms with Crippen molar-refractivity contribution in [3.63, 3.8) is 0 Å². The van der Waals surface area contributed by atoms with Gasteiger partial charge in [-0.1, -0.05) is 237 Å². The second-order valence-corrected chi connectivity index (χ2v) is 29.2. The molecule has 83 heavy (non-hydrogen) atoms. The average molecular weight is 1210 g/mol. The maximum atomic E-state index is 13.4. The third kappa shape index (κ3) is 34.4. The van der Waals surface area contributed by atoms with E-state index >= 15 is 0 Å². The summed E-state index contributed by atoms with van der Waals surface area (Å²) < 4.78 is 46.8. The molecule has 0 bridgehead atoms. The highest BCUT2D eigenvalue weighted by Crippen LogP contribution is 2.45. The molecule has 9 N–H and O–H groups in total. The zero-order chi connectivity index (χ0) is 62.1. The van der Waals surface area contributed by atoms with E-state index in [1.165, 1.54) is 128 Å². The number of phosphoric ester groups is 1. The predicted molar refractivity (Wildman–Crippen MR) is 328 cm³/mol. The van der Waals surface area contributed by atoms with Crippen LogP contribution in [0.5, 0.6) is 0 Å². The summed E-state index contributed by atoms with van der Waals surface area (Å²) in [4.78, 5) is 16.0. The number of hydrogen-bond donors (Lipinski definition) is 9. The fourth-order valence-electron chi connectivity index (χ4n) is 12.0. The first-order chi connectivity index (χ1) is 39.2. The number of rotatable bonds is 50. The molecule has 1 saturated carbocycles. The van der Waals surface area contributed by atoms with Crippen LogP contribution in [0.25, 0.3) is 0 Å². The Morgan fingerprint density at radius 3 is 1.12 bits per heavy atom. The number of hydrogen-bond acceptors (Lipinski definition) is 16. The lowest BCUT2D eigenvalue weighted by atomic mass is 9.84. The van der Waals surface area contributed by atoms with Crippen molar-refractivity contribution in [2.45, 2.75) is 323 Å². The van der Waals surface area contributed by atoms with Crippen molar-refractivity contribution in [1.82, 2.24) is 0 Å². The van der Waals surface area contributed by atoms with E-state index in [4.69, 9.17) is 33.0 Å². The van der Waals surface area contributed by atoms with Gasteiger partial charge in [0.1, 0.15) is 61.0 Å². The lowest BCUT2D eigenvalue weighted by Gasteiger charge is -2.46. The van der Waals surface area contributed by atoms with Crippen LogP contribution in [-0.2, 0) is 37.6 Å². The molecule has 21 atom stereocenters. The smallest absolute Gasteiger partial charge is 0.394 e. The summed E-state index contributed by atoms with van der Waals surface area (Å²) in [5.74, 6) is 7.00. The highest BCUT2D eigenvalue weighted by atomic mass is 31.2. The number of aliphatic hydroxyl groups excluding tert-OH is 8. The van der Waals surface area contributed by atoms with Crippen LogP contribution in [0.15, 0.2) is 0 Å². The Labute approximate surface area is 505 Å². The molecular weight excluding hydrogens is 1080 g/mol. The minimum Gasteiger partial charge on any atom is -0.394 e. The van der Waals surface area contributed by atoms with Crippen molar-refractivity contribution in [2.75, 3.05) is 33.0 Å². The molecule has 1 aliphatic carbocycles. The second kappa shape index (κ2) is 44.1. The monoisotopic (exact) mass is 1210 g/mol. The van der Waals surface area contributed by atoms with Crippen molar-refractivity contribution in [3.05, 3.63) is 0 Å². The van der Waals surface area contributed by atoms with Crippen LogP contribution in [0.4, 0.5) is 0 Å². The zero-order valence-corrected chi connectivity index (χ0v) is 55.3. The molecule has 496 valence electrons. The molecule has 10 unspecified atom stereocenters. The highest BCUT2D eigenvalue weighted by Gasteiger charge is 2.55. The van der Waals surface area contributed by atoms with Crippen molar-refractivity contribution in [2.24, 2.45) is 59.2 Å². The van der Waals surface area contributed by atoms with Crippen molar-refractivity contribution >= 4 is 7.82 Å². The lowest BCUT2D eigenvalue weighted by Crippen LogP contribution is -2.67. The summed E-state index contributed by atoms with van der Waals surface area (Å²) in [7, 11) is -5.15. The summed E-state index contributed by atoms with van der Waals surface area (Å²) in [6.07, 6.45) is 10.3. The molecule has 0 aromatic rings. The molecular formula is C65H129O17P. The Kier molecular flexibility index (Phi) is 41.8. The van der Waals surface area contributed by atoms with E-state index in [1.54, 1.807) is 0 Å². The van der Waals surface area contributed by atoms with Crippen LogP contribution in [0.3, 0.4) is 0 Å². The second-order valence-electron chi connectivity index (χ2n) is 27.9. The van der Waals surface area contributed by atoms with Gasteiger partial charge in [0.25, 0.3) is 0 Å². The summed E-state index contributed by atoms with van der Waals surface area (Å²) in [5, 5.41) is 83.5. The van der Waals surface area contributed by atoms with Gasteiger partial charge in [0.2, 0.25) is 0 Å². The summed E-state index contributed by atoms with van der Waals surface area (Å²) in [6, 6.07) is 0. The van der Waals surface area contributed by atoms with Crippen LogP contribution in [0.2, 0.25) is 0 Å². The van der Waals surface area contributed by atoms with Gasteiger partial charge in [0.05, 0.1) is 19.8 Å². The molecule has 0 radical (unpaired) electrons. The maximum Gasteiger partial charge on any atom is 0.499 e. The third-order valence-corrected chi connectivity index (χ3v) is 19.0. The van der Waals surface area contributed by atoms with Gasteiger partial charge in [-0.15, -0.1) is 4.67 Å². The first kappa shape index (κ1) is 78.7.